The number of hydrogen-bond donors (Lipinski definition) is 0. The molecule has 19 heavy (non-hydrogen) atoms. The van der Waals surface area contributed by atoms with Gasteiger partial charge in [-0.15, -0.1) is 22.9 Å². The number of imidazole rings is 1. The Kier molecular flexibility index (Phi) is 3.77. The first kappa shape index (κ1) is 13.3. The maximum atomic E-state index is 6.26. The van der Waals surface area contributed by atoms with Crippen molar-refractivity contribution in [1.82, 2.24) is 14.5 Å². The van der Waals surface area contributed by atoms with Gasteiger partial charge in [0.1, 0.15) is 10.8 Å². The van der Waals surface area contributed by atoms with Crippen LogP contribution in [0.5, 0.6) is 0 Å². The van der Waals surface area contributed by atoms with Crippen molar-refractivity contribution >= 4 is 56.6 Å². The molecule has 0 radical (unpaired) electrons. The van der Waals surface area contributed by atoms with Gasteiger partial charge in [0.05, 0.1) is 23.0 Å². The molecule has 3 nitrogen and oxygen atoms in total. The van der Waals surface area contributed by atoms with E-state index in [0.29, 0.717) is 0 Å². The monoisotopic (exact) mass is 403 g/mol. The van der Waals surface area contributed by atoms with Gasteiger partial charge in [0.25, 0.3) is 0 Å². The van der Waals surface area contributed by atoms with Crippen LogP contribution in [0.2, 0.25) is 0 Å². The predicted octanol–water partition coefficient (Wildman–Crippen LogP) is 4.45. The molecule has 0 spiro atoms. The number of aromatic nitrogens is 3. The summed E-state index contributed by atoms with van der Waals surface area (Å²) in [5, 5.41) is 2.93. The van der Waals surface area contributed by atoms with Gasteiger partial charge in [-0.05, 0) is 47.7 Å². The van der Waals surface area contributed by atoms with E-state index in [1.165, 1.54) is 3.57 Å². The van der Waals surface area contributed by atoms with E-state index < -0.39 is 0 Å². The van der Waals surface area contributed by atoms with Gasteiger partial charge < -0.3 is 4.57 Å². The van der Waals surface area contributed by atoms with Crippen molar-refractivity contribution in [2.45, 2.75) is 18.8 Å². The fourth-order valence-electron chi connectivity index (χ4n) is 2.06. The zero-order chi connectivity index (χ0) is 13.4. The SMILES string of the molecule is CC(Cl)c1nc2cc(I)ccc2n1Cc1nccs1. The maximum absolute atomic E-state index is 6.26. The third-order valence-electron chi connectivity index (χ3n) is 2.87. The number of rotatable bonds is 3. The Morgan fingerprint density at radius 2 is 2.32 bits per heavy atom. The van der Waals surface area contributed by atoms with E-state index >= 15 is 0 Å². The molecular formula is C13H11ClIN3S. The Balaban J connectivity index is 2.16. The van der Waals surface area contributed by atoms with Crippen molar-refractivity contribution in [3.05, 3.63) is 44.2 Å². The summed E-state index contributed by atoms with van der Waals surface area (Å²) in [5.41, 5.74) is 2.10. The molecule has 2 aromatic heterocycles. The Hall–Kier alpha value is -0.660. The van der Waals surface area contributed by atoms with Crippen LogP contribution >= 0.6 is 45.5 Å². The van der Waals surface area contributed by atoms with Crippen molar-refractivity contribution < 1.29 is 0 Å². The molecule has 0 N–H and O–H groups in total. The van der Waals surface area contributed by atoms with Gasteiger partial charge >= 0.3 is 0 Å². The Labute approximate surface area is 133 Å². The summed E-state index contributed by atoms with van der Waals surface area (Å²) in [5.74, 6) is 0.897. The third kappa shape index (κ3) is 2.64. The normalized spacial score (nSPS) is 13.0. The Morgan fingerprint density at radius 3 is 3.00 bits per heavy atom. The zero-order valence-electron chi connectivity index (χ0n) is 10.2. The van der Waals surface area contributed by atoms with Crippen LogP contribution in [0.4, 0.5) is 0 Å². The summed E-state index contributed by atoms with van der Waals surface area (Å²) in [4.78, 5) is 9.00. The minimum atomic E-state index is -0.120. The van der Waals surface area contributed by atoms with E-state index in [2.05, 4.69) is 55.3 Å². The highest BCUT2D eigenvalue weighted by molar-refractivity contribution is 14.1. The fourth-order valence-corrected chi connectivity index (χ4v) is 3.30. The summed E-state index contributed by atoms with van der Waals surface area (Å²) >= 11 is 10.2. The van der Waals surface area contributed by atoms with Crippen LogP contribution in [-0.4, -0.2) is 14.5 Å². The second-order valence-corrected chi connectivity index (χ2v) is 7.11. The molecule has 0 amide bonds. The van der Waals surface area contributed by atoms with Crippen LogP contribution in [0, 0.1) is 3.57 Å². The Bertz CT molecular complexity index is 706. The lowest BCUT2D eigenvalue weighted by Gasteiger charge is -2.08. The molecule has 6 heteroatoms. The largest absolute Gasteiger partial charge is 0.320 e. The van der Waals surface area contributed by atoms with Gasteiger partial charge in [0.2, 0.25) is 0 Å². The summed E-state index contributed by atoms with van der Waals surface area (Å²) < 4.78 is 3.33. The quantitative estimate of drug-likeness (QED) is 0.478. The highest BCUT2D eigenvalue weighted by atomic mass is 127. The molecule has 0 aliphatic carbocycles. The van der Waals surface area contributed by atoms with Crippen molar-refractivity contribution in [3.8, 4) is 0 Å². The number of fused-ring (bicyclic) bond motifs is 1. The van der Waals surface area contributed by atoms with Crippen LogP contribution in [-0.2, 0) is 6.54 Å². The lowest BCUT2D eigenvalue weighted by atomic mass is 10.3. The zero-order valence-corrected chi connectivity index (χ0v) is 13.9. The predicted molar refractivity (Wildman–Crippen MR) is 87.9 cm³/mol. The lowest BCUT2D eigenvalue weighted by Crippen LogP contribution is -2.05. The minimum absolute atomic E-state index is 0.120. The minimum Gasteiger partial charge on any atom is -0.320 e. The topological polar surface area (TPSA) is 30.7 Å². The molecule has 0 aliphatic rings. The first-order valence-corrected chi connectivity index (χ1v) is 8.23. The number of nitrogens with zero attached hydrogens (tertiary/aromatic N) is 3. The molecular weight excluding hydrogens is 393 g/mol. The van der Waals surface area contributed by atoms with Gasteiger partial charge in [-0.25, -0.2) is 9.97 Å². The van der Waals surface area contributed by atoms with Gasteiger partial charge in [0, 0.05) is 15.1 Å². The summed E-state index contributed by atoms with van der Waals surface area (Å²) in [7, 11) is 0. The molecule has 3 aromatic rings. The third-order valence-corrected chi connectivity index (χ3v) is 4.50. The molecule has 1 aromatic carbocycles. The molecule has 0 bridgehead atoms. The van der Waals surface area contributed by atoms with E-state index in [9.17, 15) is 0 Å². The fraction of sp³-hybridized carbons (Fsp3) is 0.231. The maximum Gasteiger partial charge on any atom is 0.128 e. The number of benzene rings is 1. The Morgan fingerprint density at radius 1 is 1.47 bits per heavy atom. The lowest BCUT2D eigenvalue weighted by molar-refractivity contribution is 0.738. The first-order chi connectivity index (χ1) is 9.15. The van der Waals surface area contributed by atoms with Gasteiger partial charge in [-0.2, -0.15) is 0 Å². The number of thiazole rings is 1. The van der Waals surface area contributed by atoms with Crippen LogP contribution in [0.1, 0.15) is 23.1 Å². The van der Waals surface area contributed by atoms with E-state index in [1.807, 2.05) is 18.5 Å². The smallest absolute Gasteiger partial charge is 0.128 e. The average Bonchev–Trinajstić information content (AvgIpc) is 2.97. The highest BCUT2D eigenvalue weighted by Crippen LogP contribution is 2.26. The highest BCUT2D eigenvalue weighted by Gasteiger charge is 2.16. The molecule has 1 atom stereocenters. The van der Waals surface area contributed by atoms with Crippen LogP contribution < -0.4 is 0 Å². The van der Waals surface area contributed by atoms with Crippen molar-refractivity contribution in [1.29, 1.82) is 0 Å². The molecule has 0 aliphatic heterocycles. The van der Waals surface area contributed by atoms with Gasteiger partial charge in [-0.3, -0.25) is 0 Å². The van der Waals surface area contributed by atoms with Crippen LogP contribution in [0.3, 0.4) is 0 Å². The molecule has 0 saturated heterocycles. The molecule has 0 fully saturated rings. The molecule has 0 saturated carbocycles. The van der Waals surface area contributed by atoms with Gasteiger partial charge in [-0.1, -0.05) is 0 Å². The number of alkyl halides is 1. The van der Waals surface area contributed by atoms with E-state index in [4.69, 9.17) is 11.6 Å². The average molecular weight is 404 g/mol. The number of halogens is 2. The number of hydrogen-bond acceptors (Lipinski definition) is 3. The second-order valence-electron chi connectivity index (χ2n) is 4.23. The van der Waals surface area contributed by atoms with Crippen molar-refractivity contribution in [2.75, 3.05) is 0 Å². The van der Waals surface area contributed by atoms with E-state index in [-0.39, 0.29) is 5.38 Å². The van der Waals surface area contributed by atoms with E-state index in [0.717, 1.165) is 28.4 Å². The van der Waals surface area contributed by atoms with Crippen molar-refractivity contribution in [2.24, 2.45) is 0 Å². The van der Waals surface area contributed by atoms with Gasteiger partial charge in [0.15, 0.2) is 0 Å². The van der Waals surface area contributed by atoms with Crippen molar-refractivity contribution in [3.63, 3.8) is 0 Å². The molecule has 3 rings (SSSR count). The summed E-state index contributed by atoms with van der Waals surface area (Å²) in [6, 6.07) is 6.27. The first-order valence-electron chi connectivity index (χ1n) is 5.83. The van der Waals surface area contributed by atoms with Crippen LogP contribution in [0.25, 0.3) is 11.0 Å². The molecule has 1 unspecified atom stereocenters. The molecule has 98 valence electrons. The van der Waals surface area contributed by atoms with E-state index in [1.54, 1.807) is 11.3 Å². The van der Waals surface area contributed by atoms with Crippen LogP contribution in [0.15, 0.2) is 29.8 Å². The second kappa shape index (κ2) is 5.38. The summed E-state index contributed by atoms with van der Waals surface area (Å²) in [6.07, 6.45) is 1.83. The molecule has 2 heterocycles. The standard InChI is InChI=1S/C13H11ClIN3S/c1-8(14)13-17-10-6-9(15)2-3-11(10)18(13)7-12-16-4-5-19-12/h2-6,8H,7H2,1H3. The summed E-state index contributed by atoms with van der Waals surface area (Å²) in [6.45, 7) is 2.67.